The number of carbonyl (C=O) groups is 1. The van der Waals surface area contributed by atoms with Crippen LogP contribution in [0.15, 0.2) is 41.3 Å². The number of anilines is 2. The highest BCUT2D eigenvalue weighted by molar-refractivity contribution is 7.89. The van der Waals surface area contributed by atoms with Crippen molar-refractivity contribution >= 4 is 27.3 Å². The van der Waals surface area contributed by atoms with Gasteiger partial charge in [-0.15, -0.1) is 0 Å². The lowest BCUT2D eigenvalue weighted by Gasteiger charge is -2.29. The molecule has 2 fully saturated rings. The summed E-state index contributed by atoms with van der Waals surface area (Å²) in [4.78, 5) is 15.7. The van der Waals surface area contributed by atoms with Gasteiger partial charge in [-0.3, -0.25) is 4.79 Å². The van der Waals surface area contributed by atoms with E-state index in [4.69, 9.17) is 4.74 Å². The monoisotopic (exact) mass is 457 g/mol. The van der Waals surface area contributed by atoms with Crippen molar-refractivity contribution in [2.75, 3.05) is 43.1 Å². The van der Waals surface area contributed by atoms with Crippen molar-refractivity contribution in [3.8, 4) is 0 Å². The van der Waals surface area contributed by atoms with Crippen molar-refractivity contribution in [3.63, 3.8) is 0 Å². The summed E-state index contributed by atoms with van der Waals surface area (Å²) in [5.41, 5.74) is 4.15. The summed E-state index contributed by atoms with van der Waals surface area (Å²) >= 11 is 0. The Morgan fingerprint density at radius 1 is 1.03 bits per heavy atom. The van der Waals surface area contributed by atoms with Crippen molar-refractivity contribution in [1.82, 2.24) is 4.31 Å². The number of aryl methyl sites for hydroxylation is 3. The van der Waals surface area contributed by atoms with Gasteiger partial charge in [-0.25, -0.2) is 8.42 Å². The molecule has 7 nitrogen and oxygen atoms in total. The molecule has 1 atom stereocenters. The van der Waals surface area contributed by atoms with Crippen molar-refractivity contribution in [1.29, 1.82) is 0 Å². The number of nitrogens with zero attached hydrogens (tertiary/aromatic N) is 2. The fourth-order valence-corrected chi connectivity index (χ4v) is 6.88. The van der Waals surface area contributed by atoms with Crippen LogP contribution in [0.4, 0.5) is 11.4 Å². The maximum Gasteiger partial charge on any atom is 0.244 e. The van der Waals surface area contributed by atoms with Crippen LogP contribution in [0.1, 0.15) is 29.5 Å². The predicted molar refractivity (Wildman–Crippen MR) is 126 cm³/mol. The molecule has 0 radical (unpaired) electrons. The van der Waals surface area contributed by atoms with Gasteiger partial charge in [-0.2, -0.15) is 4.31 Å². The molecule has 2 aliphatic rings. The van der Waals surface area contributed by atoms with Crippen LogP contribution in [0.5, 0.6) is 0 Å². The summed E-state index contributed by atoms with van der Waals surface area (Å²) in [6, 6.07) is 10.7. The number of nitrogens with one attached hydrogen (secondary N) is 1. The molecule has 1 amide bonds. The first-order valence-corrected chi connectivity index (χ1v) is 12.5. The fourth-order valence-electron chi connectivity index (χ4n) is 4.81. The number of benzene rings is 2. The third kappa shape index (κ3) is 4.53. The zero-order valence-corrected chi connectivity index (χ0v) is 19.7. The molecule has 0 bridgehead atoms. The molecule has 2 aromatic carbocycles. The Labute approximate surface area is 190 Å². The Morgan fingerprint density at radius 2 is 1.72 bits per heavy atom. The van der Waals surface area contributed by atoms with Gasteiger partial charge in [-0.1, -0.05) is 23.8 Å². The number of hydrogen-bond donors (Lipinski definition) is 1. The van der Waals surface area contributed by atoms with E-state index in [0.29, 0.717) is 54.3 Å². The molecule has 0 aliphatic carbocycles. The molecule has 0 spiro atoms. The van der Waals surface area contributed by atoms with Crippen LogP contribution < -0.4 is 10.2 Å². The van der Waals surface area contributed by atoms with E-state index in [-0.39, 0.29) is 5.91 Å². The largest absolute Gasteiger partial charge is 0.378 e. The van der Waals surface area contributed by atoms with Gasteiger partial charge in [0.05, 0.1) is 18.1 Å². The minimum atomic E-state index is -3.78. The van der Waals surface area contributed by atoms with Gasteiger partial charge in [0.15, 0.2) is 0 Å². The van der Waals surface area contributed by atoms with Crippen molar-refractivity contribution in [2.45, 2.75) is 44.6 Å². The lowest BCUT2D eigenvalue weighted by atomic mass is 10.1. The lowest BCUT2D eigenvalue weighted by molar-refractivity contribution is -0.119. The molecule has 2 aliphatic heterocycles. The quantitative estimate of drug-likeness (QED) is 0.746. The van der Waals surface area contributed by atoms with Gasteiger partial charge >= 0.3 is 0 Å². The predicted octanol–water partition coefficient (Wildman–Crippen LogP) is 3.24. The Hall–Kier alpha value is -2.42. The number of amides is 1. The fraction of sp³-hybridized carbons (Fsp3) is 0.458. The van der Waals surface area contributed by atoms with E-state index in [1.165, 1.54) is 4.31 Å². The second kappa shape index (κ2) is 9.21. The first kappa shape index (κ1) is 22.8. The minimum absolute atomic E-state index is 0.285. The van der Waals surface area contributed by atoms with E-state index in [9.17, 15) is 13.2 Å². The maximum absolute atomic E-state index is 13.5. The Balaban J connectivity index is 1.54. The minimum Gasteiger partial charge on any atom is -0.378 e. The summed E-state index contributed by atoms with van der Waals surface area (Å²) < 4.78 is 33.9. The summed E-state index contributed by atoms with van der Waals surface area (Å²) in [5.74, 6) is -0.285. The summed E-state index contributed by atoms with van der Waals surface area (Å²) in [6.07, 6.45) is 1.17. The van der Waals surface area contributed by atoms with Crippen LogP contribution >= 0.6 is 0 Å². The second-order valence-electron chi connectivity index (χ2n) is 8.64. The van der Waals surface area contributed by atoms with Gasteiger partial charge in [0.1, 0.15) is 6.04 Å². The zero-order valence-electron chi connectivity index (χ0n) is 18.9. The number of carbonyl (C=O) groups excluding carboxylic acids is 1. The summed E-state index contributed by atoms with van der Waals surface area (Å²) in [6.45, 7) is 8.91. The molecule has 0 saturated carbocycles. The number of sulfonamides is 1. The normalized spacial score (nSPS) is 19.8. The molecule has 1 N–H and O–H groups in total. The van der Waals surface area contributed by atoms with E-state index < -0.39 is 16.1 Å². The van der Waals surface area contributed by atoms with Crippen LogP contribution in [0, 0.1) is 20.8 Å². The van der Waals surface area contributed by atoms with Crippen LogP contribution in [0.3, 0.4) is 0 Å². The average molecular weight is 458 g/mol. The highest BCUT2D eigenvalue weighted by atomic mass is 32.2. The first-order valence-electron chi connectivity index (χ1n) is 11.1. The van der Waals surface area contributed by atoms with Gasteiger partial charge < -0.3 is 15.0 Å². The highest BCUT2D eigenvalue weighted by Crippen LogP contribution is 2.31. The van der Waals surface area contributed by atoms with Crippen LogP contribution in [-0.2, 0) is 19.6 Å². The third-order valence-electron chi connectivity index (χ3n) is 6.17. The average Bonchev–Trinajstić information content (AvgIpc) is 3.25. The van der Waals surface area contributed by atoms with E-state index in [0.717, 1.165) is 24.3 Å². The molecule has 2 saturated heterocycles. The standard InChI is InChI=1S/C24H31N3O4S/c1-17-14-18(2)23(19(3)15-17)32(29,30)27-9-5-8-22(27)24(28)25-20-6-4-7-21(16-20)26-10-12-31-13-11-26/h4,6-7,14-16,22H,5,8-13H2,1-3H3,(H,25,28). The number of hydrogen-bond acceptors (Lipinski definition) is 5. The molecule has 0 aromatic heterocycles. The van der Waals surface area contributed by atoms with Crippen molar-refractivity contribution in [3.05, 3.63) is 53.1 Å². The number of rotatable bonds is 5. The van der Waals surface area contributed by atoms with E-state index in [2.05, 4.69) is 10.2 Å². The third-order valence-corrected chi connectivity index (χ3v) is 8.38. The lowest BCUT2D eigenvalue weighted by Crippen LogP contribution is -2.43. The van der Waals surface area contributed by atoms with E-state index in [1.807, 2.05) is 57.2 Å². The van der Waals surface area contributed by atoms with E-state index >= 15 is 0 Å². The molecule has 1 unspecified atom stereocenters. The molecular formula is C24H31N3O4S. The van der Waals surface area contributed by atoms with Gasteiger partial charge in [0, 0.05) is 31.0 Å². The Bertz CT molecular complexity index is 1090. The number of morpholine rings is 1. The SMILES string of the molecule is Cc1cc(C)c(S(=O)(=O)N2CCCC2C(=O)Nc2cccc(N3CCOCC3)c2)c(C)c1. The second-order valence-corrected chi connectivity index (χ2v) is 10.5. The van der Waals surface area contributed by atoms with Crippen LogP contribution in [0.2, 0.25) is 0 Å². The molecular weight excluding hydrogens is 426 g/mol. The highest BCUT2D eigenvalue weighted by Gasteiger charge is 2.40. The van der Waals surface area contributed by atoms with Crippen LogP contribution in [-0.4, -0.2) is 57.5 Å². The zero-order chi connectivity index (χ0) is 22.9. The Morgan fingerprint density at radius 3 is 2.41 bits per heavy atom. The smallest absolute Gasteiger partial charge is 0.244 e. The Kier molecular flexibility index (Phi) is 6.55. The van der Waals surface area contributed by atoms with E-state index in [1.54, 1.807) is 0 Å². The van der Waals surface area contributed by atoms with Gasteiger partial charge in [0.25, 0.3) is 0 Å². The molecule has 2 heterocycles. The molecule has 32 heavy (non-hydrogen) atoms. The molecule has 4 rings (SSSR count). The van der Waals surface area contributed by atoms with Gasteiger partial charge in [-0.05, 0) is 62.9 Å². The maximum atomic E-state index is 13.5. The number of ether oxygens (including phenoxy) is 1. The van der Waals surface area contributed by atoms with Crippen LogP contribution in [0.25, 0.3) is 0 Å². The molecule has 172 valence electrons. The van der Waals surface area contributed by atoms with Crippen molar-refractivity contribution in [2.24, 2.45) is 0 Å². The molecule has 8 heteroatoms. The first-order chi connectivity index (χ1) is 15.3. The van der Waals surface area contributed by atoms with Crippen molar-refractivity contribution < 1.29 is 17.9 Å². The topological polar surface area (TPSA) is 79.0 Å². The molecule has 2 aromatic rings. The summed E-state index contributed by atoms with van der Waals surface area (Å²) in [5, 5.41) is 2.95. The van der Waals surface area contributed by atoms with Gasteiger partial charge in [0.2, 0.25) is 15.9 Å². The summed E-state index contributed by atoms with van der Waals surface area (Å²) in [7, 11) is -3.78.